The maximum absolute atomic E-state index is 9.38. The normalized spacial score (nSPS) is 17.4. The number of anilines is 3. The molecule has 1 unspecified atom stereocenters. The Kier molecular flexibility index (Phi) is 3.99. The van der Waals surface area contributed by atoms with Crippen LogP contribution in [-0.2, 0) is 13.0 Å². The summed E-state index contributed by atoms with van der Waals surface area (Å²) in [5.74, 6) is 0.682. The van der Waals surface area contributed by atoms with Gasteiger partial charge in [-0.2, -0.15) is 10.5 Å². The molecule has 9 nitrogen and oxygen atoms in total. The largest absolute Gasteiger partial charge is 0.397 e. The number of nitrogens with two attached hydrogens (primary N) is 2. The van der Waals surface area contributed by atoms with Crippen LogP contribution in [-0.4, -0.2) is 17.5 Å². The van der Waals surface area contributed by atoms with Gasteiger partial charge in [0.25, 0.3) is 0 Å². The molecule has 1 atom stereocenters. The van der Waals surface area contributed by atoms with E-state index in [1.165, 1.54) is 11.1 Å². The summed E-state index contributed by atoms with van der Waals surface area (Å²) in [4.78, 5) is 8.85. The Hall–Kier alpha value is -3.82. The van der Waals surface area contributed by atoms with Crippen LogP contribution in [0.2, 0.25) is 0 Å². The van der Waals surface area contributed by atoms with Crippen molar-refractivity contribution in [2.45, 2.75) is 19.0 Å². The number of rotatable bonds is 1. The van der Waals surface area contributed by atoms with E-state index in [1.807, 2.05) is 18.3 Å². The van der Waals surface area contributed by atoms with E-state index in [0.29, 0.717) is 11.4 Å². The number of aliphatic imine (C=N–C) groups is 1. The van der Waals surface area contributed by atoms with Crippen LogP contribution in [0, 0.1) is 22.8 Å². The van der Waals surface area contributed by atoms with E-state index in [9.17, 15) is 5.26 Å². The molecule has 0 saturated heterocycles. The number of hydrogen-bond donors (Lipinski definition) is 5. The number of nitrogen functional groups attached to an aromatic ring is 2. The average Bonchev–Trinajstić information content (AvgIpc) is 2.67. The molecule has 0 spiro atoms. The first-order chi connectivity index (χ1) is 13.1. The smallest absolute Gasteiger partial charge is 0.211 e. The van der Waals surface area contributed by atoms with Crippen LogP contribution in [0.25, 0.3) is 0 Å². The highest BCUT2D eigenvalue weighted by Crippen LogP contribution is 2.40. The number of nitriles is 2. The Balaban J connectivity index is 1.89. The summed E-state index contributed by atoms with van der Waals surface area (Å²) in [6.07, 6.45) is 2.77. The van der Waals surface area contributed by atoms with Gasteiger partial charge in [-0.15, -0.1) is 0 Å². The summed E-state index contributed by atoms with van der Waals surface area (Å²) >= 11 is 0. The van der Waals surface area contributed by atoms with Crippen molar-refractivity contribution >= 4 is 23.3 Å². The van der Waals surface area contributed by atoms with Crippen molar-refractivity contribution in [1.29, 1.82) is 10.5 Å². The number of pyridine rings is 1. The van der Waals surface area contributed by atoms with Crippen molar-refractivity contribution in [3.8, 4) is 12.3 Å². The first-order valence-electron chi connectivity index (χ1n) is 8.43. The second kappa shape index (κ2) is 6.48. The van der Waals surface area contributed by atoms with Crippen LogP contribution in [0.5, 0.6) is 0 Å². The molecule has 0 bridgehead atoms. The van der Waals surface area contributed by atoms with Crippen molar-refractivity contribution in [1.82, 2.24) is 15.6 Å². The molecule has 1 aromatic carbocycles. The molecule has 0 radical (unpaired) electrons. The molecule has 2 aliphatic heterocycles. The van der Waals surface area contributed by atoms with Gasteiger partial charge in [-0.1, -0.05) is 18.2 Å². The Morgan fingerprint density at radius 3 is 2.85 bits per heavy atom. The minimum Gasteiger partial charge on any atom is -0.397 e. The summed E-state index contributed by atoms with van der Waals surface area (Å²) in [7, 11) is 0. The maximum Gasteiger partial charge on any atom is 0.211 e. The molecule has 4 rings (SSSR count). The SMILES string of the molecule is N#CNC1=NC(c2ccc3c(c2)CCNC3)c2c(nc(N)c(C#N)c2N)N1. The number of benzene rings is 1. The van der Waals surface area contributed by atoms with Gasteiger partial charge in [0.2, 0.25) is 5.96 Å². The van der Waals surface area contributed by atoms with E-state index < -0.39 is 6.04 Å². The molecule has 7 N–H and O–H groups in total. The number of fused-ring (bicyclic) bond motifs is 2. The van der Waals surface area contributed by atoms with Crippen LogP contribution >= 0.6 is 0 Å². The number of nitrogens with one attached hydrogen (secondary N) is 3. The topological polar surface area (TPSA) is 161 Å². The van der Waals surface area contributed by atoms with E-state index in [4.69, 9.17) is 16.7 Å². The predicted molar refractivity (Wildman–Crippen MR) is 101 cm³/mol. The molecular weight excluding hydrogens is 342 g/mol. The molecule has 2 aliphatic rings. The molecule has 2 aromatic rings. The zero-order valence-electron chi connectivity index (χ0n) is 14.4. The Morgan fingerprint density at radius 2 is 2.07 bits per heavy atom. The Labute approximate surface area is 155 Å². The lowest BCUT2D eigenvalue weighted by Crippen LogP contribution is -2.33. The quantitative estimate of drug-likeness (QED) is 0.367. The fourth-order valence-electron chi connectivity index (χ4n) is 3.49. The minimum atomic E-state index is -0.502. The monoisotopic (exact) mass is 359 g/mol. The van der Waals surface area contributed by atoms with Crippen LogP contribution < -0.4 is 27.4 Å². The summed E-state index contributed by atoms with van der Waals surface area (Å²) < 4.78 is 0. The van der Waals surface area contributed by atoms with E-state index >= 15 is 0 Å². The average molecular weight is 359 g/mol. The van der Waals surface area contributed by atoms with Crippen LogP contribution in [0.1, 0.15) is 33.9 Å². The van der Waals surface area contributed by atoms with E-state index in [0.717, 1.165) is 25.1 Å². The fourth-order valence-corrected chi connectivity index (χ4v) is 3.49. The minimum absolute atomic E-state index is 0.0368. The van der Waals surface area contributed by atoms with Crippen molar-refractivity contribution < 1.29 is 0 Å². The molecule has 0 saturated carbocycles. The van der Waals surface area contributed by atoms with Crippen molar-refractivity contribution in [2.24, 2.45) is 4.99 Å². The highest BCUT2D eigenvalue weighted by molar-refractivity contribution is 5.98. The molecule has 0 amide bonds. The maximum atomic E-state index is 9.38. The van der Waals surface area contributed by atoms with Gasteiger partial charge in [-0.25, -0.2) is 9.98 Å². The lowest BCUT2D eigenvalue weighted by molar-refractivity contribution is 0.642. The molecule has 1 aromatic heterocycles. The lowest BCUT2D eigenvalue weighted by Gasteiger charge is -2.27. The zero-order valence-corrected chi connectivity index (χ0v) is 14.4. The van der Waals surface area contributed by atoms with Crippen molar-refractivity contribution in [3.05, 3.63) is 46.0 Å². The first-order valence-corrected chi connectivity index (χ1v) is 8.43. The highest BCUT2D eigenvalue weighted by Gasteiger charge is 2.30. The summed E-state index contributed by atoms with van der Waals surface area (Å²) in [5, 5.41) is 27.1. The number of guanidine groups is 1. The second-order valence-corrected chi connectivity index (χ2v) is 6.36. The molecule has 0 fully saturated rings. The summed E-state index contributed by atoms with van der Waals surface area (Å²) in [6, 6.07) is 7.66. The molecule has 3 heterocycles. The van der Waals surface area contributed by atoms with Crippen molar-refractivity contribution in [3.63, 3.8) is 0 Å². The lowest BCUT2D eigenvalue weighted by atomic mass is 9.91. The number of aromatic nitrogens is 1. The van der Waals surface area contributed by atoms with E-state index in [-0.39, 0.29) is 23.0 Å². The molecule has 27 heavy (non-hydrogen) atoms. The third kappa shape index (κ3) is 2.76. The summed E-state index contributed by atoms with van der Waals surface area (Å²) in [6.45, 7) is 1.75. The van der Waals surface area contributed by atoms with E-state index in [1.54, 1.807) is 0 Å². The molecule has 9 heteroatoms. The van der Waals surface area contributed by atoms with Gasteiger partial charge in [0.05, 0.1) is 5.69 Å². The third-order valence-electron chi connectivity index (χ3n) is 4.79. The zero-order chi connectivity index (χ0) is 19.0. The van der Waals surface area contributed by atoms with Gasteiger partial charge in [0.15, 0.2) is 6.19 Å². The van der Waals surface area contributed by atoms with Gasteiger partial charge < -0.3 is 22.1 Å². The number of hydrogen-bond acceptors (Lipinski definition) is 9. The van der Waals surface area contributed by atoms with Crippen molar-refractivity contribution in [2.75, 3.05) is 23.3 Å². The van der Waals surface area contributed by atoms with Gasteiger partial charge in [0, 0.05) is 12.1 Å². The number of nitrogens with zero attached hydrogens (tertiary/aromatic N) is 4. The summed E-state index contributed by atoms with van der Waals surface area (Å²) in [5.41, 5.74) is 16.5. The first kappa shape index (κ1) is 16.6. The van der Waals surface area contributed by atoms with Crippen LogP contribution in [0.4, 0.5) is 17.3 Å². The van der Waals surface area contributed by atoms with E-state index in [2.05, 4.69) is 38.1 Å². The predicted octanol–water partition coefficient (Wildman–Crippen LogP) is 0.705. The molecule has 0 aliphatic carbocycles. The third-order valence-corrected chi connectivity index (χ3v) is 4.79. The van der Waals surface area contributed by atoms with Gasteiger partial charge >= 0.3 is 0 Å². The van der Waals surface area contributed by atoms with Gasteiger partial charge in [-0.05, 0) is 29.7 Å². The van der Waals surface area contributed by atoms with Crippen LogP contribution in [0.15, 0.2) is 23.2 Å². The Morgan fingerprint density at radius 1 is 1.22 bits per heavy atom. The molecular formula is C18H17N9. The Bertz CT molecular complexity index is 1040. The fraction of sp³-hybridized carbons (Fsp3) is 0.222. The van der Waals surface area contributed by atoms with Crippen LogP contribution in [0.3, 0.4) is 0 Å². The molecule has 134 valence electrons. The van der Waals surface area contributed by atoms with Gasteiger partial charge in [-0.3, -0.25) is 5.32 Å². The van der Waals surface area contributed by atoms with Gasteiger partial charge in [0.1, 0.15) is 29.3 Å². The standard InChI is InChI=1S/C18H17N9/c19-6-12-14(21)13-15(10-1-2-11-7-23-4-3-9(11)5-10)25-18(24-8-20)27-17(13)26-16(12)22/h1-2,5,15,23H,3-4,7H2,(H6,21,22,24,25,26,27). The highest BCUT2D eigenvalue weighted by atomic mass is 15.2. The second-order valence-electron chi connectivity index (χ2n) is 6.36.